The predicted molar refractivity (Wildman–Crippen MR) is 154 cm³/mol. The first kappa shape index (κ1) is 40.0. The summed E-state index contributed by atoms with van der Waals surface area (Å²) < 4.78 is 39.2. The Labute approximate surface area is 280 Å². The Hall–Kier alpha value is -1.74. The fourth-order valence-electron chi connectivity index (χ4n) is 6.25. The Morgan fingerprint density at radius 1 is 0.531 bits per heavy atom. The number of carbonyl (C=O) groups excluding carboxylic acids is 2. The van der Waals surface area contributed by atoms with Crippen molar-refractivity contribution in [1.29, 1.82) is 0 Å². The van der Waals surface area contributed by atoms with Gasteiger partial charge in [-0.3, -0.25) is 9.59 Å². The molecule has 20 atom stereocenters. The van der Waals surface area contributed by atoms with Crippen molar-refractivity contribution in [2.75, 3.05) is 13.2 Å². The van der Waals surface area contributed by atoms with Crippen LogP contribution in [0.2, 0.25) is 0 Å². The maximum absolute atomic E-state index is 11.8. The molecular formula is C28H48N2O19. The van der Waals surface area contributed by atoms with Crippen molar-refractivity contribution in [2.24, 2.45) is 0 Å². The molecule has 4 aliphatic heterocycles. The number of hydrogen-bond acceptors (Lipinski definition) is 19. The van der Waals surface area contributed by atoms with E-state index in [9.17, 15) is 60.7 Å². The van der Waals surface area contributed by atoms with Gasteiger partial charge < -0.3 is 94.9 Å². The van der Waals surface area contributed by atoms with Gasteiger partial charge in [-0.05, 0) is 13.8 Å². The van der Waals surface area contributed by atoms with E-state index < -0.39 is 148 Å². The molecule has 4 fully saturated rings. The van der Waals surface area contributed by atoms with E-state index in [4.69, 9.17) is 33.2 Å². The largest absolute Gasteiger partial charge is 0.394 e. The van der Waals surface area contributed by atoms with E-state index in [0.717, 1.165) is 13.8 Å². The van der Waals surface area contributed by atoms with Crippen molar-refractivity contribution >= 4 is 11.8 Å². The van der Waals surface area contributed by atoms with Crippen LogP contribution < -0.4 is 10.6 Å². The Balaban J connectivity index is 1.53. The summed E-state index contributed by atoms with van der Waals surface area (Å²) in [7, 11) is 0. The van der Waals surface area contributed by atoms with Crippen molar-refractivity contribution in [3.63, 3.8) is 0 Å². The highest BCUT2D eigenvalue weighted by molar-refractivity contribution is 5.73. The van der Waals surface area contributed by atoms with Gasteiger partial charge in [0.25, 0.3) is 0 Å². The second-order valence-electron chi connectivity index (χ2n) is 12.6. The van der Waals surface area contributed by atoms with E-state index in [1.54, 1.807) is 0 Å². The number of ether oxygens (including phenoxy) is 7. The zero-order valence-electron chi connectivity index (χ0n) is 27.1. The van der Waals surface area contributed by atoms with Gasteiger partial charge in [0.15, 0.2) is 25.2 Å². The van der Waals surface area contributed by atoms with Gasteiger partial charge in [-0.25, -0.2) is 0 Å². The van der Waals surface area contributed by atoms with Gasteiger partial charge >= 0.3 is 0 Å². The molecule has 0 aliphatic carbocycles. The topological polar surface area (TPSA) is 325 Å². The molecule has 0 spiro atoms. The summed E-state index contributed by atoms with van der Waals surface area (Å²) >= 11 is 0. The van der Waals surface area contributed by atoms with E-state index in [0.29, 0.717) is 0 Å². The minimum Gasteiger partial charge on any atom is -0.394 e. The highest BCUT2D eigenvalue weighted by Gasteiger charge is 2.55. The third-order valence-electron chi connectivity index (χ3n) is 8.93. The second kappa shape index (κ2) is 16.7. The average Bonchev–Trinajstić information content (AvgIpc) is 3.04. The summed E-state index contributed by atoms with van der Waals surface area (Å²) in [5, 5.41) is 111. The molecule has 4 rings (SSSR count). The highest BCUT2D eigenvalue weighted by atomic mass is 16.8. The minimum atomic E-state index is -1.95. The molecule has 0 saturated carbocycles. The average molecular weight is 717 g/mol. The predicted octanol–water partition coefficient (Wildman–Crippen LogP) is -7.41. The number of aliphatic hydroxyl groups excluding tert-OH is 10. The molecule has 0 aromatic rings. The lowest BCUT2D eigenvalue weighted by molar-refractivity contribution is -0.382. The maximum Gasteiger partial charge on any atom is 0.217 e. The van der Waals surface area contributed by atoms with Crippen LogP contribution >= 0.6 is 0 Å². The van der Waals surface area contributed by atoms with Crippen LogP contribution in [0.25, 0.3) is 0 Å². The zero-order valence-corrected chi connectivity index (χ0v) is 27.1. The van der Waals surface area contributed by atoms with Crippen LogP contribution in [0.15, 0.2) is 0 Å². The molecule has 4 aliphatic rings. The number of carbonyl (C=O) groups is 2. The van der Waals surface area contributed by atoms with Crippen LogP contribution in [-0.4, -0.2) is 199 Å². The number of hydrogen-bond donors (Lipinski definition) is 12. The normalized spacial score (nSPS) is 49.3. The van der Waals surface area contributed by atoms with Crippen LogP contribution in [0.1, 0.15) is 27.7 Å². The van der Waals surface area contributed by atoms with E-state index in [-0.39, 0.29) is 0 Å². The first-order valence-electron chi connectivity index (χ1n) is 15.8. The van der Waals surface area contributed by atoms with E-state index in [1.807, 2.05) is 0 Å². The third kappa shape index (κ3) is 8.67. The van der Waals surface area contributed by atoms with Crippen LogP contribution in [0.3, 0.4) is 0 Å². The number of amides is 2. The second-order valence-corrected chi connectivity index (χ2v) is 12.6. The fourth-order valence-corrected chi connectivity index (χ4v) is 6.25. The Morgan fingerprint density at radius 3 is 1.47 bits per heavy atom. The smallest absolute Gasteiger partial charge is 0.217 e. The van der Waals surface area contributed by atoms with Crippen LogP contribution in [-0.2, 0) is 42.7 Å². The fraction of sp³-hybridized carbons (Fsp3) is 0.929. The van der Waals surface area contributed by atoms with Gasteiger partial charge in [0.1, 0.15) is 79.3 Å². The molecule has 2 amide bonds. The molecule has 21 heteroatoms. The molecule has 21 nitrogen and oxygen atoms in total. The zero-order chi connectivity index (χ0) is 36.5. The highest BCUT2D eigenvalue weighted by Crippen LogP contribution is 2.34. The molecule has 284 valence electrons. The molecule has 0 aromatic carbocycles. The number of nitrogens with one attached hydrogen (secondary N) is 2. The molecular weight excluding hydrogens is 668 g/mol. The Morgan fingerprint density at radius 2 is 0.939 bits per heavy atom. The van der Waals surface area contributed by atoms with Gasteiger partial charge in [0.05, 0.1) is 31.5 Å². The third-order valence-corrected chi connectivity index (χ3v) is 8.93. The van der Waals surface area contributed by atoms with Crippen LogP contribution in [0.4, 0.5) is 0 Å². The van der Waals surface area contributed by atoms with Gasteiger partial charge in [0.2, 0.25) is 11.8 Å². The van der Waals surface area contributed by atoms with Gasteiger partial charge in [-0.2, -0.15) is 0 Å². The SMILES string of the molecule is CC(=O)N[C@H]1[C@H](O)[C@H](O[C@@H]2[C@H](O)[C@@H](O[C@H]3[C@H](O)[C@H](O[C@H]4[C@@H](O)[C@@H](CO)O[C@@H](O)[C@@H]4NC(C)=O)O[C@@H](C)[C@H]3O)O[C@H](CO)[C@H]2O)O[C@@H](C)[C@@H]1O. The first-order valence-corrected chi connectivity index (χ1v) is 15.8. The lowest BCUT2D eigenvalue weighted by Crippen LogP contribution is -2.68. The van der Waals surface area contributed by atoms with Crippen molar-refractivity contribution in [3.05, 3.63) is 0 Å². The Kier molecular flexibility index (Phi) is 13.7. The van der Waals surface area contributed by atoms with Gasteiger partial charge in [-0.15, -0.1) is 0 Å². The molecule has 0 unspecified atom stereocenters. The summed E-state index contributed by atoms with van der Waals surface area (Å²) in [6.45, 7) is 3.48. The van der Waals surface area contributed by atoms with Crippen molar-refractivity contribution in [1.82, 2.24) is 10.6 Å². The molecule has 0 aromatic heterocycles. The molecule has 49 heavy (non-hydrogen) atoms. The molecule has 4 heterocycles. The van der Waals surface area contributed by atoms with Crippen molar-refractivity contribution in [3.8, 4) is 0 Å². The quantitative estimate of drug-likeness (QED) is 0.0999. The summed E-state index contributed by atoms with van der Waals surface area (Å²) in [5.41, 5.74) is 0. The Bertz CT molecular complexity index is 1110. The monoisotopic (exact) mass is 716 g/mol. The van der Waals surface area contributed by atoms with Gasteiger partial charge in [0, 0.05) is 13.8 Å². The van der Waals surface area contributed by atoms with Gasteiger partial charge in [-0.1, -0.05) is 0 Å². The van der Waals surface area contributed by atoms with Crippen LogP contribution in [0, 0.1) is 0 Å². The maximum atomic E-state index is 11.8. The summed E-state index contributed by atoms with van der Waals surface area (Å²) in [4.78, 5) is 23.5. The van der Waals surface area contributed by atoms with Crippen molar-refractivity contribution in [2.45, 2.75) is 150 Å². The molecule has 4 saturated heterocycles. The van der Waals surface area contributed by atoms with Crippen LogP contribution in [0.5, 0.6) is 0 Å². The summed E-state index contributed by atoms with van der Waals surface area (Å²) in [6, 6.07) is -2.67. The van der Waals surface area contributed by atoms with Crippen molar-refractivity contribution < 1.29 is 93.8 Å². The molecule has 0 bridgehead atoms. The number of rotatable bonds is 10. The van der Waals surface area contributed by atoms with E-state index >= 15 is 0 Å². The lowest BCUT2D eigenvalue weighted by atomic mass is 9.94. The summed E-state index contributed by atoms with van der Waals surface area (Å²) in [5.74, 6) is -1.23. The lowest BCUT2D eigenvalue weighted by Gasteiger charge is -2.49. The van der Waals surface area contributed by atoms with E-state index in [1.165, 1.54) is 13.8 Å². The molecule has 12 N–H and O–H groups in total. The number of aliphatic hydroxyl groups is 10. The minimum absolute atomic E-state index is 0.581. The standard InChI is InChI=1S/C28H48N2O19/c1-7-15(35)13(29-9(3)33)19(39)26(43-7)49-24-18(38)12(6-32)46-28(21(24)41)48-23-16(36)8(2)44-27(20(23)40)47-22-14(30-10(4)34)25(42)45-11(5-31)17(22)37/h7-8,11-28,31-32,35-42H,5-6H2,1-4H3,(H,29,33)(H,30,34)/t7-,8-,11+,12+,13+,14+,15-,16+,17-,18+,19-,20-,21-,22+,23+,24-,25+,26-,27-,28+/m0/s1. The van der Waals surface area contributed by atoms with E-state index in [2.05, 4.69) is 10.6 Å². The molecule has 0 radical (unpaired) electrons. The first-order chi connectivity index (χ1) is 23.0. The summed E-state index contributed by atoms with van der Waals surface area (Å²) in [6.07, 6.45) is -28.9.